The maximum Gasteiger partial charge on any atom is 0.0620 e. The summed E-state index contributed by atoms with van der Waals surface area (Å²) in [6, 6.07) is 1.32. The molecule has 0 aromatic carbocycles. The highest BCUT2D eigenvalue weighted by atomic mass is 16.5. The van der Waals surface area contributed by atoms with Gasteiger partial charge in [-0.15, -0.1) is 0 Å². The molecule has 3 heteroatoms. The molecule has 1 heterocycles. The highest BCUT2D eigenvalue weighted by Crippen LogP contribution is 2.44. The molecule has 0 amide bonds. The molecule has 3 nitrogen and oxygen atoms in total. The van der Waals surface area contributed by atoms with E-state index in [1.165, 1.54) is 12.8 Å². The first-order valence-corrected chi connectivity index (χ1v) is 5.73. The van der Waals surface area contributed by atoms with Crippen LogP contribution in [0.1, 0.15) is 26.7 Å². The molecule has 14 heavy (non-hydrogen) atoms. The van der Waals surface area contributed by atoms with Crippen LogP contribution in [-0.4, -0.2) is 38.4 Å². The van der Waals surface area contributed by atoms with Crippen molar-refractivity contribution < 1.29 is 4.74 Å². The van der Waals surface area contributed by atoms with Gasteiger partial charge >= 0.3 is 0 Å². The fraction of sp³-hybridized carbons (Fsp3) is 1.00. The normalized spacial score (nSPS) is 35.6. The van der Waals surface area contributed by atoms with Crippen LogP contribution < -0.4 is 10.6 Å². The minimum absolute atomic E-state index is 0.552. The molecule has 1 aliphatic carbocycles. The molecule has 0 radical (unpaired) electrons. The number of hydrogen-bond acceptors (Lipinski definition) is 3. The van der Waals surface area contributed by atoms with Crippen LogP contribution in [0.25, 0.3) is 0 Å². The zero-order valence-electron chi connectivity index (χ0n) is 9.31. The first kappa shape index (κ1) is 10.4. The topological polar surface area (TPSA) is 33.3 Å². The second kappa shape index (κ2) is 4.17. The second-order valence-electron chi connectivity index (χ2n) is 5.21. The predicted octanol–water partition coefficient (Wildman–Crippen LogP) is 0.753. The molecule has 0 aromatic heterocycles. The van der Waals surface area contributed by atoms with Crippen molar-refractivity contribution in [1.29, 1.82) is 0 Å². The molecule has 1 saturated carbocycles. The van der Waals surface area contributed by atoms with Gasteiger partial charge < -0.3 is 15.4 Å². The van der Waals surface area contributed by atoms with Gasteiger partial charge in [-0.1, -0.05) is 13.8 Å². The van der Waals surface area contributed by atoms with Gasteiger partial charge in [0.25, 0.3) is 0 Å². The van der Waals surface area contributed by atoms with Gasteiger partial charge in [-0.05, 0) is 24.8 Å². The minimum Gasteiger partial charge on any atom is -0.379 e. The van der Waals surface area contributed by atoms with Crippen LogP contribution in [0.3, 0.4) is 0 Å². The summed E-state index contributed by atoms with van der Waals surface area (Å²) in [6.07, 6.45) is 2.52. The fourth-order valence-corrected chi connectivity index (χ4v) is 2.05. The van der Waals surface area contributed by atoms with Gasteiger partial charge in [-0.25, -0.2) is 0 Å². The zero-order chi connectivity index (χ0) is 10.0. The van der Waals surface area contributed by atoms with E-state index in [1.807, 2.05) is 0 Å². The highest BCUT2D eigenvalue weighted by molar-refractivity contribution is 5.01. The Morgan fingerprint density at radius 1 is 1.50 bits per heavy atom. The molecule has 1 aliphatic heterocycles. The molecule has 2 unspecified atom stereocenters. The summed E-state index contributed by atoms with van der Waals surface area (Å²) >= 11 is 0. The Kier molecular flexibility index (Phi) is 3.10. The third-order valence-corrected chi connectivity index (χ3v) is 3.40. The molecular formula is C11H22N2O. The van der Waals surface area contributed by atoms with Crippen LogP contribution in [-0.2, 0) is 4.74 Å². The van der Waals surface area contributed by atoms with Gasteiger partial charge in [-0.3, -0.25) is 0 Å². The Morgan fingerprint density at radius 2 is 2.29 bits per heavy atom. The largest absolute Gasteiger partial charge is 0.379 e. The van der Waals surface area contributed by atoms with E-state index in [9.17, 15) is 0 Å². The Hall–Kier alpha value is -0.120. The summed E-state index contributed by atoms with van der Waals surface area (Å²) in [6.45, 7) is 8.54. The third kappa shape index (κ3) is 2.69. The molecule has 2 N–H and O–H groups in total. The maximum absolute atomic E-state index is 5.41. The lowest BCUT2D eigenvalue weighted by Crippen LogP contribution is -2.43. The van der Waals surface area contributed by atoms with Gasteiger partial charge in [-0.2, -0.15) is 0 Å². The Morgan fingerprint density at radius 3 is 2.86 bits per heavy atom. The molecule has 82 valence electrons. The number of hydrogen-bond donors (Lipinski definition) is 2. The highest BCUT2D eigenvalue weighted by Gasteiger charge is 2.44. The standard InChI is InChI=1S/C11H22N2O/c1-11(2)7-10(11)13-4-3-9-8-14-6-5-12-9/h9-10,12-13H,3-8H2,1-2H3. The minimum atomic E-state index is 0.552. The lowest BCUT2D eigenvalue weighted by atomic mass is 10.1. The van der Waals surface area contributed by atoms with Gasteiger partial charge in [0.05, 0.1) is 13.2 Å². The summed E-state index contributed by atoms with van der Waals surface area (Å²) < 4.78 is 5.41. The Bertz CT molecular complexity index is 188. The average Bonchev–Trinajstić information content (AvgIpc) is 2.76. The maximum atomic E-state index is 5.41. The van der Waals surface area contributed by atoms with Crippen molar-refractivity contribution in [3.63, 3.8) is 0 Å². The van der Waals surface area contributed by atoms with Gasteiger partial charge in [0, 0.05) is 18.6 Å². The predicted molar refractivity (Wildman–Crippen MR) is 57.4 cm³/mol. The van der Waals surface area contributed by atoms with Crippen molar-refractivity contribution in [2.24, 2.45) is 5.41 Å². The van der Waals surface area contributed by atoms with Gasteiger partial charge in [0.15, 0.2) is 0 Å². The van der Waals surface area contributed by atoms with E-state index in [1.54, 1.807) is 0 Å². The Labute approximate surface area is 86.6 Å². The first-order valence-electron chi connectivity index (χ1n) is 5.73. The summed E-state index contributed by atoms with van der Waals surface area (Å²) in [5.41, 5.74) is 0.552. The van der Waals surface area contributed by atoms with E-state index >= 15 is 0 Å². The van der Waals surface area contributed by atoms with Crippen LogP contribution in [0.2, 0.25) is 0 Å². The number of nitrogens with one attached hydrogen (secondary N) is 2. The van der Waals surface area contributed by atoms with Crippen molar-refractivity contribution in [1.82, 2.24) is 10.6 Å². The first-order chi connectivity index (χ1) is 6.68. The van der Waals surface area contributed by atoms with Crippen LogP contribution >= 0.6 is 0 Å². The summed E-state index contributed by atoms with van der Waals surface area (Å²) in [7, 11) is 0. The van der Waals surface area contributed by atoms with Crippen LogP contribution in [0.15, 0.2) is 0 Å². The summed E-state index contributed by atoms with van der Waals surface area (Å²) in [4.78, 5) is 0. The molecule has 2 aliphatic rings. The number of ether oxygens (including phenoxy) is 1. The van der Waals surface area contributed by atoms with Gasteiger partial charge in [0.1, 0.15) is 0 Å². The second-order valence-corrected chi connectivity index (χ2v) is 5.21. The van der Waals surface area contributed by atoms with E-state index in [0.717, 1.165) is 32.3 Å². The van der Waals surface area contributed by atoms with Crippen LogP contribution in [0, 0.1) is 5.41 Å². The van der Waals surface area contributed by atoms with Gasteiger partial charge in [0.2, 0.25) is 0 Å². The van der Waals surface area contributed by atoms with Crippen molar-refractivity contribution in [2.45, 2.75) is 38.8 Å². The molecule has 0 bridgehead atoms. The van der Waals surface area contributed by atoms with E-state index in [2.05, 4.69) is 24.5 Å². The number of rotatable bonds is 4. The molecule has 2 fully saturated rings. The van der Waals surface area contributed by atoms with E-state index in [-0.39, 0.29) is 0 Å². The summed E-state index contributed by atoms with van der Waals surface area (Å²) in [5, 5.41) is 7.07. The average molecular weight is 198 g/mol. The third-order valence-electron chi connectivity index (χ3n) is 3.40. The molecule has 2 rings (SSSR count). The molecular weight excluding hydrogens is 176 g/mol. The van der Waals surface area contributed by atoms with E-state index < -0.39 is 0 Å². The number of morpholine rings is 1. The molecule has 2 atom stereocenters. The molecule has 1 saturated heterocycles. The van der Waals surface area contributed by atoms with Crippen LogP contribution in [0.4, 0.5) is 0 Å². The molecule has 0 aromatic rings. The monoisotopic (exact) mass is 198 g/mol. The van der Waals surface area contributed by atoms with Crippen molar-refractivity contribution in [3.05, 3.63) is 0 Å². The van der Waals surface area contributed by atoms with Crippen molar-refractivity contribution >= 4 is 0 Å². The van der Waals surface area contributed by atoms with Crippen molar-refractivity contribution in [3.8, 4) is 0 Å². The van der Waals surface area contributed by atoms with Crippen LogP contribution in [0.5, 0.6) is 0 Å². The lowest BCUT2D eigenvalue weighted by molar-refractivity contribution is 0.0742. The Balaban J connectivity index is 1.54. The molecule has 0 spiro atoms. The van der Waals surface area contributed by atoms with Crippen molar-refractivity contribution in [2.75, 3.05) is 26.3 Å². The summed E-state index contributed by atoms with van der Waals surface area (Å²) in [5.74, 6) is 0. The fourth-order valence-electron chi connectivity index (χ4n) is 2.05. The quantitative estimate of drug-likeness (QED) is 0.699. The lowest BCUT2D eigenvalue weighted by Gasteiger charge is -2.23. The van der Waals surface area contributed by atoms with E-state index in [0.29, 0.717) is 11.5 Å². The smallest absolute Gasteiger partial charge is 0.0620 e. The van der Waals surface area contributed by atoms with E-state index in [4.69, 9.17) is 4.74 Å². The SMILES string of the molecule is CC1(C)CC1NCCC1COCCN1. The zero-order valence-corrected chi connectivity index (χ0v) is 9.31.